The van der Waals surface area contributed by atoms with Crippen molar-refractivity contribution in [2.24, 2.45) is 40.4 Å². The van der Waals surface area contributed by atoms with E-state index in [9.17, 15) is 9.90 Å². The number of ketones is 1. The van der Waals surface area contributed by atoms with Crippen LogP contribution in [0, 0.1) is 40.4 Å². The third-order valence-electron chi connectivity index (χ3n) is 10.1. The van der Waals surface area contributed by atoms with Gasteiger partial charge < -0.3 is 5.11 Å². The molecule has 3 nitrogen and oxygen atoms in total. The summed E-state index contributed by atoms with van der Waals surface area (Å²) in [5.41, 5.74) is -0.339. The summed E-state index contributed by atoms with van der Waals surface area (Å²) < 4.78 is 0. The maximum Gasteiger partial charge on any atom is 0.175 e. The minimum absolute atomic E-state index is 0.0182. The molecule has 1 aromatic heterocycles. The van der Waals surface area contributed by atoms with Gasteiger partial charge in [0.2, 0.25) is 0 Å². The molecule has 164 valence electrons. The summed E-state index contributed by atoms with van der Waals surface area (Å²) in [5, 5.41) is 10.8. The Labute approximate surface area is 185 Å². The van der Waals surface area contributed by atoms with Gasteiger partial charge in [0.1, 0.15) is 0 Å². The highest BCUT2D eigenvalue weighted by molar-refractivity contribution is 8.00. The predicted molar refractivity (Wildman–Crippen MR) is 121 cm³/mol. The molecule has 0 aliphatic heterocycles. The summed E-state index contributed by atoms with van der Waals surface area (Å²) in [6.45, 7) is 5.01. The van der Waals surface area contributed by atoms with Crippen molar-refractivity contribution in [1.29, 1.82) is 0 Å². The normalized spacial score (nSPS) is 43.9. The smallest absolute Gasteiger partial charge is 0.175 e. The first-order chi connectivity index (χ1) is 14.4. The average Bonchev–Trinajstić information content (AvgIpc) is 3.10. The van der Waals surface area contributed by atoms with Crippen molar-refractivity contribution >= 4 is 17.5 Å². The highest BCUT2D eigenvalue weighted by atomic mass is 32.2. The second-order valence-electron chi connectivity index (χ2n) is 11.1. The molecular weight excluding hydrogens is 390 g/mol. The molecule has 1 unspecified atom stereocenters. The van der Waals surface area contributed by atoms with Crippen molar-refractivity contribution in [2.45, 2.75) is 88.4 Å². The lowest BCUT2D eigenvalue weighted by molar-refractivity contribution is -0.138. The zero-order valence-electron chi connectivity index (χ0n) is 18.6. The topological polar surface area (TPSA) is 50.2 Å². The summed E-state index contributed by atoms with van der Waals surface area (Å²) in [6, 6.07) is 3.74. The van der Waals surface area contributed by atoms with Crippen LogP contribution in [0.25, 0.3) is 0 Å². The second kappa shape index (κ2) is 7.92. The van der Waals surface area contributed by atoms with Gasteiger partial charge in [-0.05, 0) is 98.0 Å². The number of fused-ring (bicyclic) bond motifs is 5. The van der Waals surface area contributed by atoms with E-state index in [4.69, 9.17) is 0 Å². The molecule has 1 N–H and O–H groups in total. The Morgan fingerprint density at radius 1 is 1.00 bits per heavy atom. The third kappa shape index (κ3) is 3.28. The molecule has 0 aromatic carbocycles. The minimum Gasteiger partial charge on any atom is -0.374 e. The number of aliphatic hydroxyl groups excluding tert-OH is 1. The number of carbonyl (C=O) groups is 1. The molecule has 5 rings (SSSR count). The summed E-state index contributed by atoms with van der Waals surface area (Å²) in [4.78, 5) is 18.3. The van der Waals surface area contributed by atoms with Gasteiger partial charge in [0.05, 0.1) is 0 Å². The van der Waals surface area contributed by atoms with E-state index in [2.05, 4.69) is 18.8 Å². The van der Waals surface area contributed by atoms with Gasteiger partial charge in [-0.2, -0.15) is 0 Å². The number of aromatic nitrogens is 1. The molecule has 4 heteroatoms. The largest absolute Gasteiger partial charge is 0.374 e. The van der Waals surface area contributed by atoms with E-state index < -0.39 is 5.44 Å². The fraction of sp³-hybridized carbons (Fsp3) is 0.769. The number of hydrogen-bond acceptors (Lipinski definition) is 4. The van der Waals surface area contributed by atoms with E-state index in [1.165, 1.54) is 69.5 Å². The standard InChI is InChI=1S/C26H37NO2S/c1-25-13-4-3-5-17(25)6-7-19-20-8-9-22(26(20,2)14-10-21(19)25)23(28)24(29)30-18-11-15-27-16-12-18/h11-12,15-17,19-22,24,29H,3-10,13-14H2,1-2H3/t17-,19-,20-,21-,22+,24?,25-,26-/m0/s1. The lowest BCUT2D eigenvalue weighted by Gasteiger charge is -2.60. The van der Waals surface area contributed by atoms with Gasteiger partial charge in [-0.1, -0.05) is 38.5 Å². The van der Waals surface area contributed by atoms with E-state index in [-0.39, 0.29) is 17.1 Å². The monoisotopic (exact) mass is 427 g/mol. The SMILES string of the molecule is C[C@]12CCCC[C@H]1CC[C@@H]1[C@@H]2CC[C@]2(C)[C@@H](C(=O)C(O)Sc3ccncc3)CC[C@@H]12. The summed E-state index contributed by atoms with van der Waals surface area (Å²) in [7, 11) is 0. The first kappa shape index (κ1) is 21.0. The van der Waals surface area contributed by atoms with Crippen LogP contribution in [0.1, 0.15) is 78.1 Å². The zero-order valence-corrected chi connectivity index (χ0v) is 19.4. The quantitative estimate of drug-likeness (QED) is 0.465. The van der Waals surface area contributed by atoms with Crippen molar-refractivity contribution in [2.75, 3.05) is 0 Å². The molecule has 4 aliphatic carbocycles. The Kier molecular flexibility index (Phi) is 5.54. The molecule has 4 saturated carbocycles. The number of hydrogen-bond donors (Lipinski definition) is 1. The van der Waals surface area contributed by atoms with Crippen LogP contribution in [0.2, 0.25) is 0 Å². The molecule has 0 spiro atoms. The van der Waals surface area contributed by atoms with Crippen LogP contribution in [0.4, 0.5) is 0 Å². The van der Waals surface area contributed by atoms with E-state index in [0.29, 0.717) is 11.3 Å². The highest BCUT2D eigenvalue weighted by Crippen LogP contribution is 2.67. The fourth-order valence-electron chi connectivity index (χ4n) is 8.54. The first-order valence-electron chi connectivity index (χ1n) is 12.2. The number of pyridine rings is 1. The molecule has 30 heavy (non-hydrogen) atoms. The van der Waals surface area contributed by atoms with Gasteiger partial charge in [-0.3, -0.25) is 9.78 Å². The zero-order chi connectivity index (χ0) is 20.9. The summed E-state index contributed by atoms with van der Waals surface area (Å²) in [5.74, 6) is 3.35. The Morgan fingerprint density at radius 2 is 1.77 bits per heavy atom. The molecule has 1 heterocycles. The number of Topliss-reactive ketones (excluding diaryl/α,β-unsaturated/α-hetero) is 1. The van der Waals surface area contributed by atoms with Crippen molar-refractivity contribution in [3.63, 3.8) is 0 Å². The van der Waals surface area contributed by atoms with Crippen LogP contribution < -0.4 is 0 Å². The Bertz CT molecular complexity index is 784. The highest BCUT2D eigenvalue weighted by Gasteiger charge is 2.61. The van der Waals surface area contributed by atoms with E-state index >= 15 is 0 Å². The van der Waals surface area contributed by atoms with Crippen molar-refractivity contribution in [1.82, 2.24) is 4.98 Å². The number of thioether (sulfide) groups is 1. The molecular formula is C26H37NO2S. The fourth-order valence-corrected chi connectivity index (χ4v) is 9.36. The molecule has 0 amide bonds. The summed E-state index contributed by atoms with van der Waals surface area (Å²) >= 11 is 1.28. The lowest BCUT2D eigenvalue weighted by Crippen LogP contribution is -2.53. The van der Waals surface area contributed by atoms with E-state index in [1.807, 2.05) is 12.1 Å². The number of aliphatic hydroxyl groups is 1. The maximum atomic E-state index is 13.4. The molecule has 1 aromatic rings. The second-order valence-corrected chi connectivity index (χ2v) is 12.3. The predicted octanol–water partition coefficient (Wildman–Crippen LogP) is 6.11. The van der Waals surface area contributed by atoms with Crippen molar-refractivity contribution in [3.05, 3.63) is 24.5 Å². The first-order valence-corrected chi connectivity index (χ1v) is 13.1. The van der Waals surface area contributed by atoms with E-state index in [0.717, 1.165) is 29.1 Å². The molecule has 8 atom stereocenters. The molecule has 4 aliphatic rings. The van der Waals surface area contributed by atoms with Crippen LogP contribution in [0.3, 0.4) is 0 Å². The van der Waals surface area contributed by atoms with Gasteiger partial charge in [-0.25, -0.2) is 0 Å². The van der Waals surface area contributed by atoms with Crippen LogP contribution >= 0.6 is 11.8 Å². The van der Waals surface area contributed by atoms with Crippen LogP contribution in [0.15, 0.2) is 29.4 Å². The third-order valence-corrected chi connectivity index (χ3v) is 11.1. The van der Waals surface area contributed by atoms with Crippen LogP contribution in [-0.2, 0) is 4.79 Å². The Morgan fingerprint density at radius 3 is 2.57 bits per heavy atom. The van der Waals surface area contributed by atoms with Gasteiger partial charge in [0, 0.05) is 23.2 Å². The van der Waals surface area contributed by atoms with Crippen LogP contribution in [-0.4, -0.2) is 21.3 Å². The number of nitrogens with zero attached hydrogens (tertiary/aromatic N) is 1. The molecule has 4 fully saturated rings. The molecule has 0 saturated heterocycles. The van der Waals surface area contributed by atoms with Gasteiger partial charge in [0.15, 0.2) is 11.2 Å². The van der Waals surface area contributed by atoms with E-state index in [1.54, 1.807) is 12.4 Å². The van der Waals surface area contributed by atoms with Gasteiger partial charge in [-0.15, -0.1) is 0 Å². The molecule has 0 radical (unpaired) electrons. The minimum atomic E-state index is -0.961. The van der Waals surface area contributed by atoms with Crippen molar-refractivity contribution in [3.8, 4) is 0 Å². The molecule has 0 bridgehead atoms. The van der Waals surface area contributed by atoms with Gasteiger partial charge in [0.25, 0.3) is 0 Å². The average molecular weight is 428 g/mol. The Hall–Kier alpha value is -0.870. The Balaban J connectivity index is 1.33. The number of carbonyl (C=O) groups excluding carboxylic acids is 1. The number of rotatable bonds is 4. The van der Waals surface area contributed by atoms with Gasteiger partial charge >= 0.3 is 0 Å². The van der Waals surface area contributed by atoms with Crippen molar-refractivity contribution < 1.29 is 9.90 Å². The maximum absolute atomic E-state index is 13.4. The summed E-state index contributed by atoms with van der Waals surface area (Å²) in [6.07, 6.45) is 16.5. The lowest BCUT2D eigenvalue weighted by atomic mass is 9.45. The van der Waals surface area contributed by atoms with Crippen LogP contribution in [0.5, 0.6) is 0 Å².